The molecule has 0 saturated carbocycles. The van der Waals surface area contributed by atoms with Gasteiger partial charge >= 0.3 is 0 Å². The Morgan fingerprint density at radius 3 is 2.06 bits per heavy atom. The maximum atomic E-state index is 10.8. The predicted octanol–water partition coefficient (Wildman–Crippen LogP) is 4.09. The van der Waals surface area contributed by atoms with Gasteiger partial charge in [0, 0.05) is 0 Å². The lowest BCUT2D eigenvalue weighted by Crippen LogP contribution is -2.37. The Balaban J connectivity index is 2.72. The highest BCUT2D eigenvalue weighted by Gasteiger charge is 2.37. The normalized spacial score (nSPS) is 15.8. The average Bonchev–Trinajstić information content (AvgIpc) is 2.26. The van der Waals surface area contributed by atoms with Crippen LogP contribution in [0, 0.1) is 5.41 Å². The summed E-state index contributed by atoms with van der Waals surface area (Å²) in [7, 11) is 0. The van der Waals surface area contributed by atoms with E-state index in [1.807, 2.05) is 31.2 Å². The molecule has 0 aliphatic rings. The fraction of sp³-hybridized carbons (Fsp3) is 0.375. The lowest BCUT2D eigenvalue weighted by molar-refractivity contribution is -0.0457. The number of hydrogen-bond acceptors (Lipinski definition) is 1. The van der Waals surface area contributed by atoms with Crippen molar-refractivity contribution >= 4 is 10.8 Å². The number of rotatable bonds is 1. The van der Waals surface area contributed by atoms with E-state index < -0.39 is 5.60 Å². The molecule has 1 heteroatoms. The number of fused-ring (bicyclic) bond motifs is 1. The van der Waals surface area contributed by atoms with Crippen LogP contribution < -0.4 is 0 Å². The molecule has 0 saturated heterocycles. The zero-order chi connectivity index (χ0) is 12.7. The lowest BCUT2D eigenvalue weighted by atomic mass is 9.72. The minimum Gasteiger partial charge on any atom is -0.385 e. The molecule has 1 nitrogen and oxygen atoms in total. The van der Waals surface area contributed by atoms with Crippen LogP contribution in [0.15, 0.2) is 42.5 Å². The van der Waals surface area contributed by atoms with Crippen LogP contribution in [-0.4, -0.2) is 5.11 Å². The molecule has 1 atom stereocenters. The van der Waals surface area contributed by atoms with Crippen molar-refractivity contribution in [3.8, 4) is 0 Å². The predicted molar refractivity (Wildman–Crippen MR) is 73.0 cm³/mol. The van der Waals surface area contributed by atoms with Crippen LogP contribution >= 0.6 is 0 Å². The van der Waals surface area contributed by atoms with E-state index in [4.69, 9.17) is 0 Å². The summed E-state index contributed by atoms with van der Waals surface area (Å²) in [6, 6.07) is 14.3. The van der Waals surface area contributed by atoms with Gasteiger partial charge in [-0.3, -0.25) is 0 Å². The van der Waals surface area contributed by atoms with E-state index in [0.717, 1.165) is 10.9 Å². The van der Waals surface area contributed by atoms with Crippen LogP contribution in [0.3, 0.4) is 0 Å². The SMILES string of the molecule is CC(C)(C)C(C)(O)c1cccc2ccccc12. The fourth-order valence-corrected chi connectivity index (χ4v) is 2.05. The highest BCUT2D eigenvalue weighted by Crippen LogP contribution is 2.41. The minimum absolute atomic E-state index is 0.197. The summed E-state index contributed by atoms with van der Waals surface area (Å²) in [4.78, 5) is 0. The second-order valence-corrected chi connectivity index (χ2v) is 5.85. The maximum Gasteiger partial charge on any atom is 0.0922 e. The Bertz CT molecular complexity index is 527. The summed E-state index contributed by atoms with van der Waals surface area (Å²) in [6.45, 7) is 8.09. The van der Waals surface area contributed by atoms with Crippen LogP contribution in [0.1, 0.15) is 33.3 Å². The Morgan fingerprint density at radius 2 is 1.41 bits per heavy atom. The Morgan fingerprint density at radius 1 is 0.824 bits per heavy atom. The van der Waals surface area contributed by atoms with Crippen molar-refractivity contribution in [3.05, 3.63) is 48.0 Å². The standard InChI is InChI=1S/C16H20O/c1-15(2,3)16(4,17)14-11-7-9-12-8-5-6-10-13(12)14/h5-11,17H,1-4H3. The van der Waals surface area contributed by atoms with Crippen molar-refractivity contribution in [2.75, 3.05) is 0 Å². The van der Waals surface area contributed by atoms with Crippen molar-refractivity contribution < 1.29 is 5.11 Å². The largest absolute Gasteiger partial charge is 0.385 e. The average molecular weight is 228 g/mol. The molecule has 1 unspecified atom stereocenters. The summed E-state index contributed by atoms with van der Waals surface area (Å²) in [5.74, 6) is 0. The van der Waals surface area contributed by atoms with Gasteiger partial charge in [0.1, 0.15) is 0 Å². The first-order valence-electron chi connectivity index (χ1n) is 6.04. The summed E-state index contributed by atoms with van der Waals surface area (Å²) in [6.07, 6.45) is 0. The van der Waals surface area contributed by atoms with E-state index in [2.05, 4.69) is 39.0 Å². The van der Waals surface area contributed by atoms with Gasteiger partial charge in [-0.05, 0) is 28.7 Å². The zero-order valence-electron chi connectivity index (χ0n) is 11.0. The Labute approximate surface area is 103 Å². The molecular weight excluding hydrogens is 208 g/mol. The topological polar surface area (TPSA) is 20.2 Å². The van der Waals surface area contributed by atoms with Crippen LogP contribution in [0.4, 0.5) is 0 Å². The summed E-state index contributed by atoms with van der Waals surface area (Å²) in [5.41, 5.74) is -0.0338. The molecule has 0 bridgehead atoms. The molecule has 2 aromatic carbocycles. The summed E-state index contributed by atoms with van der Waals surface area (Å²) >= 11 is 0. The highest BCUT2D eigenvalue weighted by molar-refractivity contribution is 5.86. The zero-order valence-corrected chi connectivity index (χ0v) is 11.0. The first-order chi connectivity index (χ1) is 7.84. The fourth-order valence-electron chi connectivity index (χ4n) is 2.05. The molecule has 0 amide bonds. The first-order valence-corrected chi connectivity index (χ1v) is 6.04. The molecule has 0 aliphatic heterocycles. The molecule has 0 aromatic heterocycles. The van der Waals surface area contributed by atoms with Crippen molar-refractivity contribution in [3.63, 3.8) is 0 Å². The second-order valence-electron chi connectivity index (χ2n) is 5.85. The van der Waals surface area contributed by atoms with Gasteiger partial charge in [0.15, 0.2) is 0 Å². The van der Waals surface area contributed by atoms with E-state index in [9.17, 15) is 5.11 Å². The maximum absolute atomic E-state index is 10.8. The second kappa shape index (κ2) is 3.85. The smallest absolute Gasteiger partial charge is 0.0922 e. The van der Waals surface area contributed by atoms with Crippen LogP contribution in [0.5, 0.6) is 0 Å². The van der Waals surface area contributed by atoms with Gasteiger partial charge in [0.25, 0.3) is 0 Å². The summed E-state index contributed by atoms with van der Waals surface area (Å²) in [5, 5.41) is 13.1. The molecule has 1 N–H and O–H groups in total. The number of benzene rings is 2. The van der Waals surface area contributed by atoms with E-state index in [1.165, 1.54) is 5.39 Å². The van der Waals surface area contributed by atoms with Gasteiger partial charge in [-0.15, -0.1) is 0 Å². The monoisotopic (exact) mass is 228 g/mol. The third kappa shape index (κ3) is 1.96. The Kier molecular flexibility index (Phi) is 2.75. The van der Waals surface area contributed by atoms with E-state index in [0.29, 0.717) is 0 Å². The number of hydrogen-bond donors (Lipinski definition) is 1. The van der Waals surface area contributed by atoms with Gasteiger partial charge in [-0.25, -0.2) is 0 Å². The van der Waals surface area contributed by atoms with Crippen LogP contribution in [0.2, 0.25) is 0 Å². The highest BCUT2D eigenvalue weighted by atomic mass is 16.3. The van der Waals surface area contributed by atoms with E-state index in [-0.39, 0.29) is 5.41 Å². The van der Waals surface area contributed by atoms with Crippen molar-refractivity contribution in [1.29, 1.82) is 0 Å². The number of aliphatic hydroxyl groups is 1. The van der Waals surface area contributed by atoms with E-state index in [1.54, 1.807) is 0 Å². The van der Waals surface area contributed by atoms with Crippen molar-refractivity contribution in [2.24, 2.45) is 5.41 Å². The molecule has 0 radical (unpaired) electrons. The molecule has 0 heterocycles. The van der Waals surface area contributed by atoms with E-state index >= 15 is 0 Å². The molecule has 0 spiro atoms. The molecule has 2 rings (SSSR count). The van der Waals surface area contributed by atoms with Gasteiger partial charge in [0.05, 0.1) is 5.60 Å². The third-order valence-corrected chi connectivity index (χ3v) is 3.77. The van der Waals surface area contributed by atoms with Crippen LogP contribution in [0.25, 0.3) is 10.8 Å². The van der Waals surface area contributed by atoms with Crippen molar-refractivity contribution in [2.45, 2.75) is 33.3 Å². The molecule has 90 valence electrons. The first kappa shape index (κ1) is 12.1. The van der Waals surface area contributed by atoms with Gasteiger partial charge in [0.2, 0.25) is 0 Å². The Hall–Kier alpha value is -1.34. The molecule has 17 heavy (non-hydrogen) atoms. The molecule has 0 aliphatic carbocycles. The quantitative estimate of drug-likeness (QED) is 0.779. The van der Waals surface area contributed by atoms with Crippen molar-refractivity contribution in [1.82, 2.24) is 0 Å². The summed E-state index contributed by atoms with van der Waals surface area (Å²) < 4.78 is 0. The van der Waals surface area contributed by atoms with Gasteiger partial charge in [-0.1, -0.05) is 63.2 Å². The molecular formula is C16H20O. The molecule has 2 aromatic rings. The van der Waals surface area contributed by atoms with Crippen LogP contribution in [-0.2, 0) is 5.60 Å². The lowest BCUT2D eigenvalue weighted by Gasteiger charge is -2.38. The minimum atomic E-state index is -0.839. The third-order valence-electron chi connectivity index (χ3n) is 3.77. The van der Waals surface area contributed by atoms with Gasteiger partial charge in [-0.2, -0.15) is 0 Å². The molecule has 0 fully saturated rings. The van der Waals surface area contributed by atoms with Gasteiger partial charge < -0.3 is 5.11 Å².